The van der Waals surface area contributed by atoms with Crippen LogP contribution in [0.5, 0.6) is 0 Å². The largest absolute Gasteiger partial charge is 0.374 e. The molecule has 0 bridgehead atoms. The molecule has 96 valence electrons. The Morgan fingerprint density at radius 2 is 2.12 bits per heavy atom. The highest BCUT2D eigenvalue weighted by atomic mass is 32.2. The predicted molar refractivity (Wildman–Crippen MR) is 66.1 cm³/mol. The zero-order valence-electron chi connectivity index (χ0n) is 9.83. The summed E-state index contributed by atoms with van der Waals surface area (Å²) in [5.41, 5.74) is 5.43. The van der Waals surface area contributed by atoms with Crippen molar-refractivity contribution >= 4 is 26.5 Å². The van der Waals surface area contributed by atoms with Gasteiger partial charge in [0.25, 0.3) is 10.0 Å². The summed E-state index contributed by atoms with van der Waals surface area (Å²) in [5.74, 6) is 0.498. The smallest absolute Gasteiger partial charge is 0.272 e. The second kappa shape index (κ2) is 4.51. The van der Waals surface area contributed by atoms with Gasteiger partial charge in [0.15, 0.2) is 0 Å². The van der Waals surface area contributed by atoms with E-state index in [1.807, 2.05) is 13.8 Å². The van der Waals surface area contributed by atoms with Gasteiger partial charge in [0.1, 0.15) is 0 Å². The lowest BCUT2D eigenvalue weighted by molar-refractivity contribution is 0.341. The van der Waals surface area contributed by atoms with Crippen LogP contribution in [0.1, 0.15) is 26.7 Å². The SMILES string of the molecule is CC(C)N(CC1CC1)S(=O)(=O)c1nnc(N)s1. The molecule has 2 rings (SSSR count). The van der Waals surface area contributed by atoms with Crippen molar-refractivity contribution in [3.8, 4) is 0 Å². The lowest BCUT2D eigenvalue weighted by atomic mass is 10.3. The lowest BCUT2D eigenvalue weighted by Crippen LogP contribution is -2.38. The monoisotopic (exact) mass is 276 g/mol. The molecular formula is C9H16N4O2S2. The molecule has 1 aliphatic rings. The van der Waals surface area contributed by atoms with Crippen LogP contribution >= 0.6 is 11.3 Å². The fourth-order valence-corrected chi connectivity index (χ4v) is 4.18. The Morgan fingerprint density at radius 1 is 1.47 bits per heavy atom. The zero-order valence-corrected chi connectivity index (χ0v) is 11.5. The van der Waals surface area contributed by atoms with Gasteiger partial charge in [-0.25, -0.2) is 8.42 Å². The van der Waals surface area contributed by atoms with E-state index in [0.29, 0.717) is 12.5 Å². The minimum absolute atomic E-state index is 0.00986. The summed E-state index contributed by atoms with van der Waals surface area (Å²) in [6.45, 7) is 4.30. The number of sulfonamides is 1. The molecule has 1 aromatic rings. The number of anilines is 1. The van der Waals surface area contributed by atoms with Crippen LogP contribution in [0.3, 0.4) is 0 Å². The fraction of sp³-hybridized carbons (Fsp3) is 0.778. The Hall–Kier alpha value is -0.730. The third kappa shape index (κ3) is 2.75. The van der Waals surface area contributed by atoms with Gasteiger partial charge in [0, 0.05) is 12.6 Å². The molecule has 17 heavy (non-hydrogen) atoms. The Bertz CT molecular complexity index is 493. The standard InChI is InChI=1S/C9H16N4O2S2/c1-6(2)13(5-7-3-4-7)17(14,15)9-12-11-8(10)16-9/h6-7H,3-5H2,1-2H3,(H2,10,11). The summed E-state index contributed by atoms with van der Waals surface area (Å²) in [6.07, 6.45) is 2.22. The molecule has 1 fully saturated rings. The predicted octanol–water partition coefficient (Wildman–Crippen LogP) is 0.929. The molecule has 6 nitrogen and oxygen atoms in total. The molecule has 0 amide bonds. The van der Waals surface area contributed by atoms with Gasteiger partial charge in [0.2, 0.25) is 9.47 Å². The molecule has 0 aliphatic heterocycles. The normalized spacial score (nSPS) is 16.9. The molecule has 1 saturated carbocycles. The summed E-state index contributed by atoms with van der Waals surface area (Å²) in [5, 5.41) is 7.37. The number of aromatic nitrogens is 2. The maximum Gasteiger partial charge on any atom is 0.272 e. The molecular weight excluding hydrogens is 260 g/mol. The lowest BCUT2D eigenvalue weighted by Gasteiger charge is -2.24. The van der Waals surface area contributed by atoms with Gasteiger partial charge in [-0.15, -0.1) is 10.2 Å². The summed E-state index contributed by atoms with van der Waals surface area (Å²) in [7, 11) is -3.54. The van der Waals surface area contributed by atoms with Gasteiger partial charge in [-0.2, -0.15) is 4.31 Å². The summed E-state index contributed by atoms with van der Waals surface area (Å²) >= 11 is 0.914. The quantitative estimate of drug-likeness (QED) is 0.864. The van der Waals surface area contributed by atoms with Gasteiger partial charge >= 0.3 is 0 Å². The fourth-order valence-electron chi connectivity index (χ4n) is 1.57. The van der Waals surface area contributed by atoms with Crippen molar-refractivity contribution in [3.63, 3.8) is 0 Å². The average Bonchev–Trinajstić information content (AvgIpc) is 2.95. The van der Waals surface area contributed by atoms with E-state index in [1.165, 1.54) is 4.31 Å². The van der Waals surface area contributed by atoms with E-state index in [2.05, 4.69) is 10.2 Å². The molecule has 0 saturated heterocycles. The molecule has 0 unspecified atom stereocenters. The summed E-state index contributed by atoms with van der Waals surface area (Å²) < 4.78 is 26.1. The van der Waals surface area contributed by atoms with Crippen LogP contribution in [0.4, 0.5) is 5.13 Å². The number of hydrogen-bond acceptors (Lipinski definition) is 6. The van der Waals surface area contributed by atoms with Crippen LogP contribution in [0, 0.1) is 5.92 Å². The van der Waals surface area contributed by atoms with E-state index < -0.39 is 10.0 Å². The first kappa shape index (κ1) is 12.7. The first-order chi connectivity index (χ1) is 7.91. The molecule has 1 aliphatic carbocycles. The number of rotatable bonds is 5. The van der Waals surface area contributed by atoms with E-state index in [9.17, 15) is 8.42 Å². The second-order valence-corrected chi connectivity index (χ2v) is 7.59. The minimum Gasteiger partial charge on any atom is -0.374 e. The van der Waals surface area contributed by atoms with Crippen LogP contribution < -0.4 is 5.73 Å². The third-order valence-corrected chi connectivity index (χ3v) is 5.80. The summed E-state index contributed by atoms with van der Waals surface area (Å²) in [6, 6.07) is -0.0780. The number of nitrogen functional groups attached to an aromatic ring is 1. The minimum atomic E-state index is -3.54. The highest BCUT2D eigenvalue weighted by Gasteiger charge is 2.35. The first-order valence-corrected chi connectivity index (χ1v) is 7.77. The van der Waals surface area contributed by atoms with Gasteiger partial charge < -0.3 is 5.73 Å². The molecule has 0 atom stereocenters. The van der Waals surface area contributed by atoms with Crippen molar-refractivity contribution < 1.29 is 8.42 Å². The highest BCUT2D eigenvalue weighted by molar-refractivity contribution is 7.91. The first-order valence-electron chi connectivity index (χ1n) is 5.52. The second-order valence-electron chi connectivity index (χ2n) is 4.52. The van der Waals surface area contributed by atoms with Crippen molar-refractivity contribution in [2.24, 2.45) is 5.92 Å². The topological polar surface area (TPSA) is 89.2 Å². The van der Waals surface area contributed by atoms with Crippen LogP contribution in [0.25, 0.3) is 0 Å². The molecule has 1 heterocycles. The molecule has 0 radical (unpaired) electrons. The third-order valence-electron chi connectivity index (χ3n) is 2.66. The van der Waals surface area contributed by atoms with Crippen molar-refractivity contribution in [3.05, 3.63) is 0 Å². The van der Waals surface area contributed by atoms with Crippen LogP contribution in [0.2, 0.25) is 0 Å². The van der Waals surface area contributed by atoms with E-state index in [0.717, 1.165) is 24.2 Å². The Labute approximate surface area is 105 Å². The van der Waals surface area contributed by atoms with E-state index >= 15 is 0 Å². The maximum atomic E-state index is 12.3. The van der Waals surface area contributed by atoms with Gasteiger partial charge in [-0.05, 0) is 32.6 Å². The van der Waals surface area contributed by atoms with Gasteiger partial charge in [0.05, 0.1) is 0 Å². The Morgan fingerprint density at radius 3 is 2.53 bits per heavy atom. The molecule has 0 aromatic carbocycles. The molecule has 1 aromatic heterocycles. The Balaban J connectivity index is 2.26. The van der Waals surface area contributed by atoms with Crippen molar-refractivity contribution in [2.75, 3.05) is 12.3 Å². The van der Waals surface area contributed by atoms with E-state index in [4.69, 9.17) is 5.73 Å². The van der Waals surface area contributed by atoms with Gasteiger partial charge in [-0.1, -0.05) is 11.3 Å². The number of nitrogens with zero attached hydrogens (tertiary/aromatic N) is 3. The van der Waals surface area contributed by atoms with Crippen molar-refractivity contribution in [1.82, 2.24) is 14.5 Å². The van der Waals surface area contributed by atoms with Crippen LogP contribution in [-0.4, -0.2) is 35.5 Å². The summed E-state index contributed by atoms with van der Waals surface area (Å²) in [4.78, 5) is 0. The Kier molecular flexibility index (Phi) is 3.37. The van der Waals surface area contributed by atoms with E-state index in [-0.39, 0.29) is 15.5 Å². The number of nitrogens with two attached hydrogens (primary N) is 1. The molecule has 8 heteroatoms. The molecule has 2 N–H and O–H groups in total. The van der Waals surface area contributed by atoms with Crippen LogP contribution in [-0.2, 0) is 10.0 Å². The highest BCUT2D eigenvalue weighted by Crippen LogP contribution is 2.33. The van der Waals surface area contributed by atoms with Crippen LogP contribution in [0.15, 0.2) is 4.34 Å². The number of hydrogen-bond donors (Lipinski definition) is 1. The van der Waals surface area contributed by atoms with Crippen molar-refractivity contribution in [1.29, 1.82) is 0 Å². The van der Waals surface area contributed by atoms with E-state index in [1.54, 1.807) is 0 Å². The maximum absolute atomic E-state index is 12.3. The van der Waals surface area contributed by atoms with Crippen molar-refractivity contribution in [2.45, 2.75) is 37.1 Å². The average molecular weight is 276 g/mol. The zero-order chi connectivity index (χ0) is 12.6. The molecule has 0 spiro atoms. The van der Waals surface area contributed by atoms with Gasteiger partial charge in [-0.3, -0.25) is 0 Å².